The van der Waals surface area contributed by atoms with E-state index in [1.165, 1.54) is 12.1 Å². The van der Waals surface area contributed by atoms with E-state index in [2.05, 4.69) is 4.90 Å². The van der Waals surface area contributed by atoms with E-state index >= 15 is 0 Å². The van der Waals surface area contributed by atoms with Crippen LogP contribution in [0, 0.1) is 10.1 Å². The third kappa shape index (κ3) is 4.58. The van der Waals surface area contributed by atoms with Crippen LogP contribution in [0.3, 0.4) is 0 Å². The van der Waals surface area contributed by atoms with Crippen LogP contribution in [0.2, 0.25) is 0 Å². The lowest BCUT2D eigenvalue weighted by Crippen LogP contribution is -2.19. The number of nitrogens with zero attached hydrogens (tertiary/aromatic N) is 2. The van der Waals surface area contributed by atoms with Gasteiger partial charge in [-0.3, -0.25) is 15.0 Å². The number of hydrogen-bond acceptors (Lipinski definition) is 5. The van der Waals surface area contributed by atoms with Gasteiger partial charge in [0, 0.05) is 25.2 Å². The molecule has 6 heteroatoms. The zero-order valence-electron chi connectivity index (χ0n) is 14.1. The molecule has 2 aromatic carbocycles. The SMILES string of the molecule is CN(CC=Cc1ccc([N+](=O)[O-])cc1)Cc1ccc2c(c1)OCCO2. The Labute approximate surface area is 146 Å². The summed E-state index contributed by atoms with van der Waals surface area (Å²) in [7, 11) is 2.04. The molecular weight excluding hydrogens is 320 g/mol. The first-order valence-corrected chi connectivity index (χ1v) is 8.10. The van der Waals surface area contributed by atoms with Crippen molar-refractivity contribution in [3.63, 3.8) is 0 Å². The molecule has 0 radical (unpaired) electrons. The van der Waals surface area contributed by atoms with E-state index in [1.54, 1.807) is 12.1 Å². The highest BCUT2D eigenvalue weighted by molar-refractivity contribution is 5.51. The first-order valence-electron chi connectivity index (χ1n) is 8.10. The minimum atomic E-state index is -0.394. The summed E-state index contributed by atoms with van der Waals surface area (Å²) in [4.78, 5) is 12.4. The highest BCUT2D eigenvalue weighted by Gasteiger charge is 2.12. The largest absolute Gasteiger partial charge is 0.486 e. The summed E-state index contributed by atoms with van der Waals surface area (Å²) < 4.78 is 11.1. The van der Waals surface area contributed by atoms with Gasteiger partial charge in [0.05, 0.1) is 4.92 Å². The van der Waals surface area contributed by atoms with E-state index in [-0.39, 0.29) is 5.69 Å². The Hall–Kier alpha value is -2.86. The van der Waals surface area contributed by atoms with E-state index in [9.17, 15) is 10.1 Å². The number of fused-ring (bicyclic) bond motifs is 1. The van der Waals surface area contributed by atoms with Gasteiger partial charge in [0.2, 0.25) is 0 Å². The standard InChI is InChI=1S/C19H20N2O4/c1-20(10-2-3-15-4-7-17(8-5-15)21(22)23)14-16-6-9-18-19(13-16)25-12-11-24-18/h2-9,13H,10-12,14H2,1H3. The smallest absolute Gasteiger partial charge is 0.269 e. The number of benzene rings is 2. The molecule has 0 fully saturated rings. The molecular formula is C19H20N2O4. The Kier molecular flexibility index (Phi) is 5.30. The van der Waals surface area contributed by atoms with Gasteiger partial charge < -0.3 is 9.47 Å². The highest BCUT2D eigenvalue weighted by atomic mass is 16.6. The molecule has 0 spiro atoms. The van der Waals surface area contributed by atoms with Crippen molar-refractivity contribution in [2.75, 3.05) is 26.8 Å². The molecule has 130 valence electrons. The van der Waals surface area contributed by atoms with Gasteiger partial charge in [0.15, 0.2) is 11.5 Å². The fraction of sp³-hybridized carbons (Fsp3) is 0.263. The van der Waals surface area contributed by atoms with Crippen LogP contribution >= 0.6 is 0 Å². The summed E-state index contributed by atoms with van der Waals surface area (Å²) in [6.07, 6.45) is 4.00. The van der Waals surface area contributed by atoms with Crippen molar-refractivity contribution in [1.82, 2.24) is 4.90 Å². The predicted molar refractivity (Wildman–Crippen MR) is 95.9 cm³/mol. The first kappa shape index (κ1) is 17.0. The van der Waals surface area contributed by atoms with Gasteiger partial charge in [-0.2, -0.15) is 0 Å². The Morgan fingerprint density at radius 2 is 1.84 bits per heavy atom. The number of hydrogen-bond donors (Lipinski definition) is 0. The van der Waals surface area contributed by atoms with E-state index < -0.39 is 4.92 Å². The maximum atomic E-state index is 10.6. The predicted octanol–water partition coefficient (Wildman–Crippen LogP) is 3.51. The lowest BCUT2D eigenvalue weighted by atomic mass is 10.1. The molecule has 0 atom stereocenters. The van der Waals surface area contributed by atoms with Crippen LogP contribution in [0.1, 0.15) is 11.1 Å². The summed E-state index contributed by atoms with van der Waals surface area (Å²) in [6, 6.07) is 12.5. The molecule has 0 saturated carbocycles. The maximum Gasteiger partial charge on any atom is 0.269 e. The molecule has 3 rings (SSSR count). The lowest BCUT2D eigenvalue weighted by Gasteiger charge is -2.20. The Morgan fingerprint density at radius 1 is 1.12 bits per heavy atom. The summed E-state index contributed by atoms with van der Waals surface area (Å²) in [5, 5.41) is 10.6. The second-order valence-corrected chi connectivity index (χ2v) is 5.93. The molecule has 2 aromatic rings. The third-order valence-electron chi connectivity index (χ3n) is 3.89. The average molecular weight is 340 g/mol. The summed E-state index contributed by atoms with van der Waals surface area (Å²) >= 11 is 0. The van der Waals surface area contributed by atoms with Crippen molar-refractivity contribution in [2.45, 2.75) is 6.54 Å². The first-order chi connectivity index (χ1) is 12.1. The van der Waals surface area contributed by atoms with Crippen LogP contribution < -0.4 is 9.47 Å². The molecule has 1 aliphatic heterocycles. The number of ether oxygens (including phenoxy) is 2. The maximum absolute atomic E-state index is 10.6. The minimum absolute atomic E-state index is 0.105. The van der Waals surface area contributed by atoms with Gasteiger partial charge in [0.25, 0.3) is 5.69 Å². The molecule has 0 bridgehead atoms. The second-order valence-electron chi connectivity index (χ2n) is 5.93. The summed E-state index contributed by atoms with van der Waals surface area (Å²) in [5.74, 6) is 1.61. The number of nitro benzene ring substituents is 1. The monoisotopic (exact) mass is 340 g/mol. The molecule has 25 heavy (non-hydrogen) atoms. The summed E-state index contributed by atoms with van der Waals surface area (Å²) in [6.45, 7) is 2.75. The Morgan fingerprint density at radius 3 is 2.56 bits per heavy atom. The van der Waals surface area contributed by atoms with Gasteiger partial charge in [-0.05, 0) is 42.4 Å². The van der Waals surface area contributed by atoms with Gasteiger partial charge >= 0.3 is 0 Å². The molecule has 0 unspecified atom stereocenters. The molecule has 0 aromatic heterocycles. The molecule has 0 N–H and O–H groups in total. The van der Waals surface area contributed by atoms with E-state index in [4.69, 9.17) is 9.47 Å². The molecule has 0 saturated heterocycles. The van der Waals surface area contributed by atoms with Gasteiger partial charge in [-0.1, -0.05) is 18.2 Å². The van der Waals surface area contributed by atoms with E-state index in [1.807, 2.05) is 37.4 Å². The zero-order chi connectivity index (χ0) is 17.6. The second kappa shape index (κ2) is 7.81. The van der Waals surface area contributed by atoms with Crippen LogP contribution in [0.25, 0.3) is 6.08 Å². The summed E-state index contributed by atoms with van der Waals surface area (Å²) in [5.41, 5.74) is 2.21. The fourth-order valence-corrected chi connectivity index (χ4v) is 2.64. The van der Waals surface area contributed by atoms with Crippen LogP contribution in [-0.4, -0.2) is 36.6 Å². The van der Waals surface area contributed by atoms with Crippen molar-refractivity contribution in [3.05, 3.63) is 69.8 Å². The lowest BCUT2D eigenvalue weighted by molar-refractivity contribution is -0.384. The number of nitro groups is 1. The minimum Gasteiger partial charge on any atom is -0.486 e. The quantitative estimate of drug-likeness (QED) is 0.595. The molecule has 1 aliphatic rings. The van der Waals surface area contributed by atoms with Crippen LogP contribution in [0.5, 0.6) is 11.5 Å². The number of likely N-dealkylation sites (N-methyl/N-ethyl adjacent to an activating group) is 1. The third-order valence-corrected chi connectivity index (χ3v) is 3.89. The normalized spacial score (nSPS) is 13.4. The molecule has 0 aliphatic carbocycles. The van der Waals surface area contributed by atoms with E-state index in [0.29, 0.717) is 13.2 Å². The Bertz CT molecular complexity index is 771. The van der Waals surface area contributed by atoms with Crippen LogP contribution in [0.4, 0.5) is 5.69 Å². The molecule has 1 heterocycles. The van der Waals surface area contributed by atoms with Crippen LogP contribution in [0.15, 0.2) is 48.5 Å². The van der Waals surface area contributed by atoms with Gasteiger partial charge in [0.1, 0.15) is 13.2 Å². The molecule has 6 nitrogen and oxygen atoms in total. The highest BCUT2D eigenvalue weighted by Crippen LogP contribution is 2.31. The van der Waals surface area contributed by atoms with Crippen molar-refractivity contribution in [1.29, 1.82) is 0 Å². The van der Waals surface area contributed by atoms with E-state index in [0.717, 1.165) is 35.7 Å². The number of non-ortho nitro benzene ring substituents is 1. The topological polar surface area (TPSA) is 64.8 Å². The van der Waals surface area contributed by atoms with Crippen molar-refractivity contribution in [3.8, 4) is 11.5 Å². The average Bonchev–Trinajstić information content (AvgIpc) is 2.62. The van der Waals surface area contributed by atoms with Gasteiger partial charge in [-0.15, -0.1) is 0 Å². The van der Waals surface area contributed by atoms with Crippen molar-refractivity contribution in [2.24, 2.45) is 0 Å². The molecule has 0 amide bonds. The van der Waals surface area contributed by atoms with Crippen LogP contribution in [-0.2, 0) is 6.54 Å². The van der Waals surface area contributed by atoms with Crippen molar-refractivity contribution >= 4 is 11.8 Å². The van der Waals surface area contributed by atoms with Gasteiger partial charge in [-0.25, -0.2) is 0 Å². The van der Waals surface area contributed by atoms with Crippen molar-refractivity contribution < 1.29 is 14.4 Å². The fourth-order valence-electron chi connectivity index (χ4n) is 2.64. The zero-order valence-corrected chi connectivity index (χ0v) is 14.1. The Balaban J connectivity index is 1.53. The number of rotatable bonds is 6.